The van der Waals surface area contributed by atoms with Crippen LogP contribution in [0.25, 0.3) is 5.69 Å². The van der Waals surface area contributed by atoms with Crippen LogP contribution in [-0.2, 0) is 0 Å². The molecule has 7 nitrogen and oxygen atoms in total. The van der Waals surface area contributed by atoms with E-state index < -0.39 is 5.97 Å². The zero-order valence-electron chi connectivity index (χ0n) is 12.9. The topological polar surface area (TPSA) is 91.5 Å². The molecule has 0 aliphatic rings. The van der Waals surface area contributed by atoms with E-state index in [-0.39, 0.29) is 18.1 Å². The number of aryl methyl sites for hydroxylation is 1. The summed E-state index contributed by atoms with van der Waals surface area (Å²) in [5.74, 6) is -0.868. The Labute approximate surface area is 128 Å². The minimum Gasteiger partial charge on any atom is -0.476 e. The average molecular weight is 304 g/mol. The molecule has 0 aliphatic carbocycles. The van der Waals surface area contributed by atoms with Gasteiger partial charge in [0.25, 0.3) is 0 Å². The molecular weight excluding hydrogens is 284 g/mol. The molecule has 0 saturated heterocycles. The van der Waals surface area contributed by atoms with Crippen molar-refractivity contribution in [3.63, 3.8) is 0 Å². The molecule has 0 amide bonds. The van der Waals surface area contributed by atoms with Crippen LogP contribution in [-0.4, -0.2) is 50.9 Å². The van der Waals surface area contributed by atoms with Crippen LogP contribution in [0.5, 0.6) is 0 Å². The van der Waals surface area contributed by atoms with Crippen molar-refractivity contribution in [1.29, 1.82) is 0 Å². The summed E-state index contributed by atoms with van der Waals surface area (Å²) in [4.78, 5) is 14.5. The quantitative estimate of drug-likeness (QED) is 0.838. The highest BCUT2D eigenvalue weighted by atomic mass is 16.4. The van der Waals surface area contributed by atoms with E-state index in [0.29, 0.717) is 13.1 Å². The number of benzene rings is 1. The molecule has 2 aromatic rings. The summed E-state index contributed by atoms with van der Waals surface area (Å²) >= 11 is 0. The highest BCUT2D eigenvalue weighted by Crippen LogP contribution is 2.21. The third-order valence-corrected chi connectivity index (χ3v) is 3.64. The number of nitrogens with zero attached hydrogens (tertiary/aromatic N) is 4. The first-order chi connectivity index (χ1) is 10.5. The molecule has 2 rings (SSSR count). The number of anilines is 1. The standard InChI is InChI=1S/C15H20N4O3/c1-4-18(8-9-20)14-13(15(21)22)16-19(17-14)12-7-5-6-10(2)11(12)3/h5-7,20H,4,8-9H2,1-3H3,(H,21,22). The molecule has 1 heterocycles. The Kier molecular flexibility index (Phi) is 4.77. The van der Waals surface area contributed by atoms with Gasteiger partial charge in [0.2, 0.25) is 5.69 Å². The van der Waals surface area contributed by atoms with Gasteiger partial charge < -0.3 is 15.1 Å². The fraction of sp³-hybridized carbons (Fsp3) is 0.400. The first-order valence-corrected chi connectivity index (χ1v) is 7.12. The molecule has 118 valence electrons. The van der Waals surface area contributed by atoms with Crippen molar-refractivity contribution >= 4 is 11.8 Å². The van der Waals surface area contributed by atoms with Gasteiger partial charge in [0, 0.05) is 13.1 Å². The van der Waals surface area contributed by atoms with Crippen molar-refractivity contribution in [2.45, 2.75) is 20.8 Å². The van der Waals surface area contributed by atoms with Crippen molar-refractivity contribution in [2.24, 2.45) is 0 Å². The SMILES string of the molecule is CCN(CCO)c1nn(-c2cccc(C)c2C)nc1C(=O)O. The van der Waals surface area contributed by atoms with E-state index in [1.54, 1.807) is 4.90 Å². The van der Waals surface area contributed by atoms with Crippen LogP contribution in [0.1, 0.15) is 28.5 Å². The third-order valence-electron chi connectivity index (χ3n) is 3.64. The van der Waals surface area contributed by atoms with Gasteiger partial charge in [0.05, 0.1) is 12.3 Å². The van der Waals surface area contributed by atoms with Gasteiger partial charge in [-0.25, -0.2) is 4.79 Å². The molecule has 0 spiro atoms. The molecule has 22 heavy (non-hydrogen) atoms. The molecule has 1 aromatic heterocycles. The Morgan fingerprint density at radius 1 is 1.32 bits per heavy atom. The second-order valence-electron chi connectivity index (χ2n) is 4.99. The lowest BCUT2D eigenvalue weighted by atomic mass is 10.1. The number of aliphatic hydroxyl groups is 1. The number of aliphatic hydroxyl groups excluding tert-OH is 1. The molecule has 0 bridgehead atoms. The maximum Gasteiger partial charge on any atom is 0.360 e. The van der Waals surface area contributed by atoms with Crippen molar-refractivity contribution in [2.75, 3.05) is 24.6 Å². The predicted molar refractivity (Wildman–Crippen MR) is 82.8 cm³/mol. The number of carboxylic acid groups (broad SMARTS) is 1. The van der Waals surface area contributed by atoms with E-state index in [4.69, 9.17) is 5.11 Å². The largest absolute Gasteiger partial charge is 0.476 e. The monoisotopic (exact) mass is 304 g/mol. The van der Waals surface area contributed by atoms with Gasteiger partial charge in [-0.3, -0.25) is 0 Å². The molecule has 0 atom stereocenters. The number of carboxylic acids is 1. The van der Waals surface area contributed by atoms with Gasteiger partial charge in [-0.2, -0.15) is 0 Å². The van der Waals surface area contributed by atoms with E-state index in [0.717, 1.165) is 16.8 Å². The Bertz CT molecular complexity index is 681. The second kappa shape index (κ2) is 6.57. The molecule has 2 N–H and O–H groups in total. The number of aromatic carboxylic acids is 1. The molecule has 7 heteroatoms. The van der Waals surface area contributed by atoms with Gasteiger partial charge in [-0.05, 0) is 38.0 Å². The number of likely N-dealkylation sites (N-methyl/N-ethyl adjacent to an activating group) is 1. The fourth-order valence-electron chi connectivity index (χ4n) is 2.24. The van der Waals surface area contributed by atoms with E-state index in [1.165, 1.54) is 4.80 Å². The molecule has 0 aliphatic heterocycles. The Balaban J connectivity index is 2.55. The van der Waals surface area contributed by atoms with Crippen molar-refractivity contribution < 1.29 is 15.0 Å². The van der Waals surface area contributed by atoms with Gasteiger partial charge >= 0.3 is 5.97 Å². The van der Waals surface area contributed by atoms with Gasteiger partial charge in [0.15, 0.2) is 5.82 Å². The zero-order valence-corrected chi connectivity index (χ0v) is 12.9. The highest BCUT2D eigenvalue weighted by molar-refractivity contribution is 5.91. The lowest BCUT2D eigenvalue weighted by Crippen LogP contribution is -2.28. The van der Waals surface area contributed by atoms with E-state index in [2.05, 4.69) is 10.2 Å². The lowest BCUT2D eigenvalue weighted by molar-refractivity contribution is 0.0690. The summed E-state index contributed by atoms with van der Waals surface area (Å²) < 4.78 is 0. The van der Waals surface area contributed by atoms with Gasteiger partial charge in [0.1, 0.15) is 0 Å². The summed E-state index contributed by atoms with van der Waals surface area (Å²) in [6, 6.07) is 5.71. The number of carbonyl (C=O) groups is 1. The Morgan fingerprint density at radius 3 is 2.64 bits per heavy atom. The molecular formula is C15H20N4O3. The summed E-state index contributed by atoms with van der Waals surface area (Å²) in [7, 11) is 0. The van der Waals surface area contributed by atoms with Crippen LogP contribution in [0.15, 0.2) is 18.2 Å². The van der Waals surface area contributed by atoms with Crippen LogP contribution in [0, 0.1) is 13.8 Å². The van der Waals surface area contributed by atoms with Gasteiger partial charge in [-0.15, -0.1) is 15.0 Å². The normalized spacial score (nSPS) is 10.7. The number of hydrogen-bond donors (Lipinski definition) is 2. The smallest absolute Gasteiger partial charge is 0.360 e. The maximum absolute atomic E-state index is 11.4. The van der Waals surface area contributed by atoms with Crippen LogP contribution < -0.4 is 4.90 Å². The van der Waals surface area contributed by atoms with Crippen molar-refractivity contribution in [3.05, 3.63) is 35.0 Å². The average Bonchev–Trinajstić information content (AvgIpc) is 2.92. The molecule has 0 fully saturated rings. The zero-order chi connectivity index (χ0) is 16.3. The fourth-order valence-corrected chi connectivity index (χ4v) is 2.24. The van der Waals surface area contributed by atoms with E-state index >= 15 is 0 Å². The maximum atomic E-state index is 11.4. The van der Waals surface area contributed by atoms with Crippen molar-refractivity contribution in [1.82, 2.24) is 15.0 Å². The number of hydrogen-bond acceptors (Lipinski definition) is 5. The van der Waals surface area contributed by atoms with Crippen LogP contribution in [0.4, 0.5) is 5.82 Å². The number of rotatable bonds is 6. The van der Waals surface area contributed by atoms with Crippen LogP contribution in [0.2, 0.25) is 0 Å². The summed E-state index contributed by atoms with van der Waals surface area (Å²) in [5, 5.41) is 26.9. The minimum atomic E-state index is -1.14. The van der Waals surface area contributed by atoms with Crippen LogP contribution >= 0.6 is 0 Å². The minimum absolute atomic E-state index is 0.0801. The number of aromatic nitrogens is 3. The molecule has 0 unspecified atom stereocenters. The van der Waals surface area contributed by atoms with Crippen LogP contribution in [0.3, 0.4) is 0 Å². The van der Waals surface area contributed by atoms with Crippen molar-refractivity contribution in [3.8, 4) is 5.69 Å². The molecule has 0 saturated carbocycles. The predicted octanol–water partition coefficient (Wildman–Crippen LogP) is 1.40. The highest BCUT2D eigenvalue weighted by Gasteiger charge is 2.23. The van der Waals surface area contributed by atoms with Gasteiger partial charge in [-0.1, -0.05) is 12.1 Å². The summed E-state index contributed by atoms with van der Waals surface area (Å²) in [6.07, 6.45) is 0. The summed E-state index contributed by atoms with van der Waals surface area (Å²) in [6.45, 7) is 6.56. The van der Waals surface area contributed by atoms with E-state index in [1.807, 2.05) is 39.0 Å². The summed E-state index contributed by atoms with van der Waals surface area (Å²) in [5.41, 5.74) is 2.70. The first-order valence-electron chi connectivity index (χ1n) is 7.12. The molecule has 1 aromatic carbocycles. The molecule has 0 radical (unpaired) electrons. The Morgan fingerprint density at radius 2 is 2.05 bits per heavy atom. The Hall–Kier alpha value is -2.41. The van der Waals surface area contributed by atoms with E-state index in [9.17, 15) is 9.90 Å². The second-order valence-corrected chi connectivity index (χ2v) is 4.99. The third kappa shape index (κ3) is 2.94. The first kappa shape index (κ1) is 16.0. The lowest BCUT2D eigenvalue weighted by Gasteiger charge is -2.18.